The van der Waals surface area contributed by atoms with Gasteiger partial charge in [0.25, 0.3) is 0 Å². The van der Waals surface area contributed by atoms with Gasteiger partial charge in [-0.05, 0) is 211 Å². The fraction of sp³-hybridized carbons (Fsp3) is 0.495. The molecule has 4 aromatic carbocycles. The number of anilines is 3. The molecule has 5 aliphatic heterocycles. The maximum absolute atomic E-state index is 12.4. The van der Waals surface area contributed by atoms with Crippen LogP contribution in [-0.2, 0) is 99.4 Å². The fourth-order valence-electron chi connectivity index (χ4n) is 17.3. The SMILES string of the molecule is C.CB1OB(C)OB(C)O1.CC.CCc1cc2c(cc1C(=O)OC)nc1n2CCN(c2ncc(Br)c(C)n2)[C@@H]1C(C)C.CCc1cc2c(cc1C(=O)OC)nc1n2CCN[C@@H]1C(C)C.COC(=O)c1cc2nc3n(c2cc1S(C)(=O)=O)CCN(c1ncc(C)c(C)n1)[C@@H]3C(C)C.Cc1cnc(N2CCn3c(nc4cc(CO)c(S(C)(=O)=O)cc43)[C@H]2C(C)C)nc1C.FC(F)(F)c1nc(Cl)ncc1Br. The third-order valence-corrected chi connectivity index (χ3v) is 27.9. The minimum atomic E-state index is -4.51. The van der Waals surface area contributed by atoms with Crippen molar-refractivity contribution in [3.8, 4) is 0 Å². The van der Waals surface area contributed by atoms with E-state index in [0.29, 0.717) is 83.2 Å². The van der Waals surface area contributed by atoms with Gasteiger partial charge < -0.3 is 71.3 Å². The quantitative estimate of drug-likeness (QED) is 0.0416. The average molecular weight is 2090 g/mol. The number of alkyl halides is 3. The van der Waals surface area contributed by atoms with Gasteiger partial charge in [-0.25, -0.2) is 91.0 Å². The number of aliphatic hydroxyl groups is 1. The zero-order valence-corrected chi connectivity index (χ0v) is 87.5. The van der Waals surface area contributed by atoms with Crippen LogP contribution in [0.3, 0.4) is 0 Å². The number of hydrogen-bond donors (Lipinski definition) is 2. The number of imidazole rings is 4. The second-order valence-corrected chi connectivity index (χ2v) is 40.9. The van der Waals surface area contributed by atoms with E-state index in [9.17, 15) is 49.5 Å². The summed E-state index contributed by atoms with van der Waals surface area (Å²) >= 11 is 11.3. The number of fused-ring (bicyclic) bond motifs is 12. The number of rotatable bonds is 15. The normalized spacial score (nSPS) is 16.3. The van der Waals surface area contributed by atoms with Gasteiger partial charge in [0.2, 0.25) is 23.1 Å². The highest BCUT2D eigenvalue weighted by Crippen LogP contribution is 2.43. The number of carbonyl (C=O) groups is 3. The topological polar surface area (TPSA) is 391 Å². The molecule has 0 unspecified atom stereocenters. The summed E-state index contributed by atoms with van der Waals surface area (Å²) in [4.78, 5) is 96.8. The number of aliphatic hydroxyl groups excluding tert-OH is 1. The molecule has 0 saturated carbocycles. The molecule has 4 atom stereocenters. The highest BCUT2D eigenvalue weighted by atomic mass is 79.9. The van der Waals surface area contributed by atoms with Gasteiger partial charge in [0, 0.05) is 101 Å². The van der Waals surface area contributed by atoms with Crippen LogP contribution in [0, 0.1) is 58.3 Å². The van der Waals surface area contributed by atoms with E-state index in [-0.39, 0.29) is 103 Å². The van der Waals surface area contributed by atoms with E-state index in [1.165, 1.54) is 33.5 Å². The first kappa shape index (κ1) is 110. The number of methoxy groups -OCH3 is 3. The number of carbonyl (C=O) groups excluding carboxylic acids is 3. The fourth-order valence-corrected chi connectivity index (χ4v) is 19.9. The van der Waals surface area contributed by atoms with E-state index in [2.05, 4.69) is 170 Å². The molecule has 0 spiro atoms. The van der Waals surface area contributed by atoms with Crippen molar-refractivity contribution in [2.75, 3.05) is 74.7 Å². The number of nitrogens with one attached hydrogen (secondary N) is 1. The second kappa shape index (κ2) is 46.0. The maximum Gasteiger partial charge on any atom is 0.434 e. The van der Waals surface area contributed by atoms with Crippen molar-refractivity contribution in [3.63, 3.8) is 0 Å². The number of hydrogen-bond acceptors (Lipinski definition) is 30. The monoisotopic (exact) mass is 2090 g/mol. The van der Waals surface area contributed by atoms with Crippen LogP contribution in [0.5, 0.6) is 0 Å². The van der Waals surface area contributed by atoms with Crippen LogP contribution in [0.15, 0.2) is 92.1 Å². The molecule has 0 radical (unpaired) electrons. The molecule has 45 heteroatoms. The van der Waals surface area contributed by atoms with Crippen molar-refractivity contribution in [3.05, 3.63) is 178 Å². The van der Waals surface area contributed by atoms with Crippen LogP contribution in [0.2, 0.25) is 25.8 Å². The van der Waals surface area contributed by atoms with Crippen molar-refractivity contribution in [2.45, 2.75) is 231 Å². The Hall–Kier alpha value is -10.2. The summed E-state index contributed by atoms with van der Waals surface area (Å²) < 4.78 is 125. The molecule has 13 heterocycles. The average Bonchev–Trinajstić information content (AvgIpc) is 1.59. The van der Waals surface area contributed by atoms with Crippen LogP contribution in [0.25, 0.3) is 44.1 Å². The van der Waals surface area contributed by atoms with E-state index >= 15 is 0 Å². The van der Waals surface area contributed by atoms with Crippen molar-refractivity contribution < 1.29 is 77.4 Å². The summed E-state index contributed by atoms with van der Waals surface area (Å²) in [6.45, 7) is 46.5. The number of halogens is 6. The summed E-state index contributed by atoms with van der Waals surface area (Å²) in [7, 11) is -3.46. The number of aryl methyl sites for hydroxylation is 7. The zero-order chi connectivity index (χ0) is 101. The molecule has 0 aliphatic carbocycles. The van der Waals surface area contributed by atoms with Crippen molar-refractivity contribution in [1.82, 2.24) is 83.4 Å². The van der Waals surface area contributed by atoms with E-state index in [4.69, 9.17) is 69.4 Å². The Kier molecular flexibility index (Phi) is 36.6. The molecule has 8 aromatic heterocycles. The number of nitrogens with zero attached hydrogens (tertiary/aromatic N) is 19. The molecule has 0 bridgehead atoms. The number of esters is 3. The van der Waals surface area contributed by atoms with Gasteiger partial charge in [-0.1, -0.05) is 90.5 Å². The van der Waals surface area contributed by atoms with E-state index < -0.39 is 42.8 Å². The largest absolute Gasteiger partial charge is 0.465 e. The van der Waals surface area contributed by atoms with Gasteiger partial charge in [0.1, 0.15) is 23.3 Å². The number of ether oxygens (including phenoxy) is 3. The van der Waals surface area contributed by atoms with Gasteiger partial charge in [-0.2, -0.15) is 13.2 Å². The van der Waals surface area contributed by atoms with E-state index in [0.717, 1.165) is 158 Å². The minimum Gasteiger partial charge on any atom is -0.465 e. The maximum atomic E-state index is 12.4. The van der Waals surface area contributed by atoms with Crippen molar-refractivity contribution in [2.24, 2.45) is 23.7 Å². The molecule has 12 aromatic rings. The smallest absolute Gasteiger partial charge is 0.434 e. The molecule has 17 rings (SSSR count). The lowest BCUT2D eigenvalue weighted by molar-refractivity contribution is -0.141. The molecule has 1 saturated heterocycles. The van der Waals surface area contributed by atoms with Gasteiger partial charge in [-0.3, -0.25) is 0 Å². The first-order valence-corrected chi connectivity index (χ1v) is 51.1. The Bertz CT molecular complexity index is 6670. The lowest BCUT2D eigenvalue weighted by atomic mass is 9.74. The van der Waals surface area contributed by atoms with Gasteiger partial charge in [-0.15, -0.1) is 0 Å². The first-order chi connectivity index (χ1) is 64.6. The zero-order valence-electron chi connectivity index (χ0n) is 81.9. The van der Waals surface area contributed by atoms with Crippen LogP contribution in [0.1, 0.15) is 220 Å². The summed E-state index contributed by atoms with van der Waals surface area (Å²) in [5.41, 5.74) is 14.0. The van der Waals surface area contributed by atoms with E-state index in [1.54, 1.807) is 12.1 Å². The van der Waals surface area contributed by atoms with Crippen LogP contribution in [-0.4, -0.2) is 199 Å². The lowest BCUT2D eigenvalue weighted by Crippen LogP contribution is -2.44. The molecule has 0 amide bonds. The van der Waals surface area contributed by atoms with Crippen molar-refractivity contribution >= 4 is 164 Å². The highest BCUT2D eigenvalue weighted by molar-refractivity contribution is 9.10. The molecule has 2 N–H and O–H groups in total. The standard InChI is InChI=1S/C22H26BrN5O2.C22H27N5O4S.C21H27N5O3S.C17H23N3O2.C5HBrClF3N2.C3H9B3O3.C2H6.CH4/c1-6-14-9-18-17(10-15(14)21(29)30-5)26-20-19(12(2)3)28(8-7-27(18)20)22-24-11-16(23)13(4)25-22;1-12(2)19-20-25-16-9-15(21(28)31-5)18(32(6,29)30)10-17(16)26(20)7-8-27(19)22-23-11-13(3)14(4)24-22;1-12(2)19-20-24-16-8-15(11-27)18(30(5,28)29)9-17(16)25(20)6-7-26(19)21-22-10-13(3)14(4)23-21;1-5-11-8-14-13(9-12(11)17(21)22-4)19-16-15(10(2)3)18-6-7-20(14)16;6-2-1-11-4(7)12-3(2)5(8,9)10;1-4-7-5(2)9-6(3)8-4;1-2;/h9-12,19H,6-8H2,1-5H3;9-12,19H,7-8H2,1-6H3;8-10,12,19,27H,6-7,11H2,1-5H3;8-10,15,18H,5-7H2,1-4H3;1H;1-3H3;1-2H3;1H4/t3*19-;15-;;;;/m1111..../s1. The van der Waals surface area contributed by atoms with Crippen LogP contribution < -0.4 is 20.0 Å². The Morgan fingerprint density at radius 1 is 0.486 bits per heavy atom. The number of aromatic nitrogens is 16. The van der Waals surface area contributed by atoms with E-state index in [1.807, 2.05) is 111 Å². The molecule has 1 fully saturated rings. The Morgan fingerprint density at radius 2 is 0.833 bits per heavy atom. The van der Waals surface area contributed by atoms with Gasteiger partial charge in [0.15, 0.2) is 25.4 Å². The number of sulfone groups is 2. The lowest BCUT2D eigenvalue weighted by Gasteiger charge is -2.38. The highest BCUT2D eigenvalue weighted by Gasteiger charge is 2.41. The predicted octanol–water partition coefficient (Wildman–Crippen LogP) is 17.5. The van der Waals surface area contributed by atoms with Gasteiger partial charge in [0.05, 0.1) is 137 Å². The Labute approximate surface area is 827 Å². The second-order valence-electron chi connectivity index (χ2n) is 34.9. The summed E-state index contributed by atoms with van der Waals surface area (Å²) in [6.07, 6.45) is 5.73. The summed E-state index contributed by atoms with van der Waals surface area (Å²) in [6, 6.07) is 14.4. The van der Waals surface area contributed by atoms with Crippen LogP contribution >= 0.6 is 43.5 Å². The molecular formula is C93H123B3Br2ClF3N20O14S2. The molecule has 34 nitrogen and oxygen atoms in total. The predicted molar refractivity (Wildman–Crippen MR) is 538 cm³/mol. The Balaban J connectivity index is 0.000000176. The molecule has 5 aliphatic rings. The molecular weight excluding hydrogens is 1970 g/mol. The van der Waals surface area contributed by atoms with Crippen molar-refractivity contribution in [1.29, 1.82) is 0 Å². The number of benzene rings is 4. The first-order valence-electron chi connectivity index (χ1n) is 45.4. The van der Waals surface area contributed by atoms with Crippen LogP contribution in [0.4, 0.5) is 31.0 Å². The third kappa shape index (κ3) is 24.2. The summed E-state index contributed by atoms with van der Waals surface area (Å²) in [5.74, 6) is 5.65. The molecule has 138 heavy (non-hydrogen) atoms. The Morgan fingerprint density at radius 3 is 1.18 bits per heavy atom. The minimum absolute atomic E-state index is 0. The molecule has 742 valence electrons. The summed E-state index contributed by atoms with van der Waals surface area (Å²) in [5, 5.41) is 12.8. The van der Waals surface area contributed by atoms with Gasteiger partial charge >= 0.3 is 45.4 Å². The third-order valence-electron chi connectivity index (χ3n) is 24.1.